The van der Waals surface area contributed by atoms with E-state index >= 15 is 0 Å². The standard InChI is InChI=1S/C18H32N2O3/c1-17(2,3)23-16(22)20-9-7-18(8-10-20)6-4-5-15(18)19-13-11-14(21)12-13/h13-15,19,21H,4-12H2,1-3H3. The number of amides is 1. The van der Waals surface area contributed by atoms with Gasteiger partial charge in [-0.15, -0.1) is 0 Å². The van der Waals surface area contributed by atoms with Gasteiger partial charge in [-0.05, 0) is 64.7 Å². The van der Waals surface area contributed by atoms with Crippen LogP contribution in [0.2, 0.25) is 0 Å². The Labute approximate surface area is 139 Å². The first kappa shape index (κ1) is 17.0. The summed E-state index contributed by atoms with van der Waals surface area (Å²) in [4.78, 5) is 14.1. The van der Waals surface area contributed by atoms with E-state index in [9.17, 15) is 9.90 Å². The lowest BCUT2D eigenvalue weighted by atomic mass is 9.73. The molecule has 1 atom stereocenters. The van der Waals surface area contributed by atoms with E-state index in [1.54, 1.807) is 0 Å². The van der Waals surface area contributed by atoms with Crippen molar-refractivity contribution in [1.82, 2.24) is 10.2 Å². The molecule has 1 aliphatic heterocycles. The lowest BCUT2D eigenvalue weighted by molar-refractivity contribution is 0.00217. The van der Waals surface area contributed by atoms with Crippen LogP contribution in [0.15, 0.2) is 0 Å². The quantitative estimate of drug-likeness (QED) is 0.820. The van der Waals surface area contributed by atoms with Crippen LogP contribution in [0.4, 0.5) is 4.79 Å². The lowest BCUT2D eigenvalue weighted by Gasteiger charge is -2.46. The fraction of sp³-hybridized carbons (Fsp3) is 0.944. The summed E-state index contributed by atoms with van der Waals surface area (Å²) in [5.74, 6) is 0. The smallest absolute Gasteiger partial charge is 0.410 e. The minimum Gasteiger partial charge on any atom is -0.444 e. The Kier molecular flexibility index (Phi) is 4.62. The third kappa shape index (κ3) is 3.82. The third-order valence-corrected chi connectivity index (χ3v) is 5.87. The minimum atomic E-state index is -0.422. The average molecular weight is 324 g/mol. The van der Waals surface area contributed by atoms with Gasteiger partial charge in [-0.1, -0.05) is 6.42 Å². The number of nitrogens with one attached hydrogen (secondary N) is 1. The zero-order chi connectivity index (χ0) is 16.7. The molecule has 0 aromatic rings. The van der Waals surface area contributed by atoms with Crippen molar-refractivity contribution in [2.45, 2.75) is 89.5 Å². The molecule has 1 amide bonds. The van der Waals surface area contributed by atoms with Crippen molar-refractivity contribution in [3.8, 4) is 0 Å². The molecule has 1 heterocycles. The number of likely N-dealkylation sites (tertiary alicyclic amines) is 1. The van der Waals surface area contributed by atoms with E-state index in [1.807, 2.05) is 25.7 Å². The Hall–Kier alpha value is -0.810. The van der Waals surface area contributed by atoms with Crippen molar-refractivity contribution in [3.05, 3.63) is 0 Å². The molecule has 2 saturated carbocycles. The number of carbonyl (C=O) groups is 1. The van der Waals surface area contributed by atoms with Crippen LogP contribution in [-0.2, 0) is 4.74 Å². The number of nitrogens with zero attached hydrogens (tertiary/aromatic N) is 1. The largest absolute Gasteiger partial charge is 0.444 e. The third-order valence-electron chi connectivity index (χ3n) is 5.87. The first-order valence-corrected chi connectivity index (χ1v) is 9.19. The molecule has 1 saturated heterocycles. The summed E-state index contributed by atoms with van der Waals surface area (Å²) in [5, 5.41) is 13.3. The van der Waals surface area contributed by atoms with E-state index < -0.39 is 5.60 Å². The summed E-state index contributed by atoms with van der Waals surface area (Å²) in [6.45, 7) is 7.36. The number of piperidine rings is 1. The van der Waals surface area contributed by atoms with Crippen LogP contribution in [0.1, 0.15) is 65.7 Å². The van der Waals surface area contributed by atoms with Gasteiger partial charge in [-0.2, -0.15) is 0 Å². The van der Waals surface area contributed by atoms with Gasteiger partial charge in [0.15, 0.2) is 0 Å². The first-order chi connectivity index (χ1) is 10.8. The maximum absolute atomic E-state index is 12.2. The Morgan fingerprint density at radius 2 is 1.87 bits per heavy atom. The number of aliphatic hydroxyl groups excluding tert-OH is 1. The van der Waals surface area contributed by atoms with E-state index in [1.165, 1.54) is 19.3 Å². The fourth-order valence-electron chi connectivity index (χ4n) is 4.47. The van der Waals surface area contributed by atoms with Gasteiger partial charge in [0.1, 0.15) is 5.60 Å². The van der Waals surface area contributed by atoms with Crippen LogP contribution < -0.4 is 5.32 Å². The van der Waals surface area contributed by atoms with Crippen molar-refractivity contribution in [1.29, 1.82) is 0 Å². The number of carbonyl (C=O) groups excluding carboxylic acids is 1. The number of ether oxygens (including phenoxy) is 1. The van der Waals surface area contributed by atoms with Gasteiger partial charge in [-0.25, -0.2) is 4.79 Å². The molecule has 2 N–H and O–H groups in total. The topological polar surface area (TPSA) is 61.8 Å². The number of hydrogen-bond acceptors (Lipinski definition) is 4. The molecule has 3 aliphatic rings. The van der Waals surface area contributed by atoms with Crippen molar-refractivity contribution < 1.29 is 14.6 Å². The zero-order valence-electron chi connectivity index (χ0n) is 14.8. The van der Waals surface area contributed by atoms with Gasteiger partial charge in [0.2, 0.25) is 0 Å². The van der Waals surface area contributed by atoms with Crippen molar-refractivity contribution >= 4 is 6.09 Å². The molecule has 2 aliphatic carbocycles. The van der Waals surface area contributed by atoms with Crippen LogP contribution in [-0.4, -0.2) is 53.0 Å². The van der Waals surface area contributed by atoms with E-state index in [0.29, 0.717) is 17.5 Å². The van der Waals surface area contributed by atoms with E-state index in [2.05, 4.69) is 5.32 Å². The first-order valence-electron chi connectivity index (χ1n) is 9.19. The molecule has 1 spiro atoms. The van der Waals surface area contributed by atoms with Crippen LogP contribution in [0.3, 0.4) is 0 Å². The van der Waals surface area contributed by atoms with E-state index in [-0.39, 0.29) is 12.2 Å². The molecule has 0 bridgehead atoms. The predicted octanol–water partition coefficient (Wildman–Crippen LogP) is 2.67. The van der Waals surface area contributed by atoms with Gasteiger partial charge in [0, 0.05) is 25.2 Å². The molecule has 3 fully saturated rings. The number of aliphatic hydroxyl groups is 1. The summed E-state index contributed by atoms with van der Waals surface area (Å²) < 4.78 is 5.50. The van der Waals surface area contributed by atoms with Gasteiger partial charge in [-0.3, -0.25) is 0 Å². The second-order valence-electron chi connectivity index (χ2n) is 8.76. The van der Waals surface area contributed by atoms with Crippen LogP contribution in [0, 0.1) is 5.41 Å². The molecule has 1 unspecified atom stereocenters. The fourth-order valence-corrected chi connectivity index (χ4v) is 4.47. The van der Waals surface area contributed by atoms with E-state index in [0.717, 1.165) is 38.8 Å². The monoisotopic (exact) mass is 324 g/mol. The summed E-state index contributed by atoms with van der Waals surface area (Å²) in [6, 6.07) is 1.05. The van der Waals surface area contributed by atoms with E-state index in [4.69, 9.17) is 4.74 Å². The van der Waals surface area contributed by atoms with Gasteiger partial charge in [0.05, 0.1) is 6.10 Å². The second kappa shape index (κ2) is 6.25. The highest BCUT2D eigenvalue weighted by Crippen LogP contribution is 2.47. The SMILES string of the molecule is CC(C)(C)OC(=O)N1CCC2(CCCC2NC2CC(O)C2)CC1. The number of hydrogen-bond donors (Lipinski definition) is 2. The molecule has 5 heteroatoms. The summed E-state index contributed by atoms with van der Waals surface area (Å²) in [7, 11) is 0. The molecule has 3 rings (SSSR count). The van der Waals surface area contributed by atoms with Crippen LogP contribution in [0.25, 0.3) is 0 Å². The Balaban J connectivity index is 1.53. The van der Waals surface area contributed by atoms with Crippen LogP contribution >= 0.6 is 0 Å². The van der Waals surface area contributed by atoms with Gasteiger partial charge >= 0.3 is 6.09 Å². The molecule has 0 radical (unpaired) electrons. The molecular formula is C18H32N2O3. The predicted molar refractivity (Wildman–Crippen MR) is 89.3 cm³/mol. The highest BCUT2D eigenvalue weighted by atomic mass is 16.6. The maximum Gasteiger partial charge on any atom is 0.410 e. The molecule has 0 aromatic heterocycles. The average Bonchev–Trinajstić information content (AvgIpc) is 2.79. The molecule has 0 aromatic carbocycles. The highest BCUT2D eigenvalue weighted by molar-refractivity contribution is 5.68. The minimum absolute atomic E-state index is 0.0983. The molecule has 23 heavy (non-hydrogen) atoms. The second-order valence-corrected chi connectivity index (χ2v) is 8.76. The van der Waals surface area contributed by atoms with Crippen molar-refractivity contribution in [2.75, 3.05) is 13.1 Å². The number of rotatable bonds is 2. The normalized spacial score (nSPS) is 33.6. The Morgan fingerprint density at radius 1 is 1.22 bits per heavy atom. The molecule has 132 valence electrons. The maximum atomic E-state index is 12.2. The van der Waals surface area contributed by atoms with Gasteiger partial charge < -0.3 is 20.1 Å². The van der Waals surface area contributed by atoms with Crippen molar-refractivity contribution in [3.63, 3.8) is 0 Å². The summed E-state index contributed by atoms with van der Waals surface area (Å²) >= 11 is 0. The molecule has 5 nitrogen and oxygen atoms in total. The van der Waals surface area contributed by atoms with Crippen molar-refractivity contribution in [2.24, 2.45) is 5.41 Å². The Morgan fingerprint density at radius 3 is 2.43 bits per heavy atom. The zero-order valence-corrected chi connectivity index (χ0v) is 14.8. The lowest BCUT2D eigenvalue weighted by Crippen LogP contribution is -2.55. The summed E-state index contributed by atoms with van der Waals surface area (Å²) in [6.07, 6.45) is 7.45. The summed E-state index contributed by atoms with van der Waals surface area (Å²) in [5.41, 5.74) is -0.0756. The Bertz CT molecular complexity index is 432. The van der Waals surface area contributed by atoms with Gasteiger partial charge in [0.25, 0.3) is 0 Å². The molecular weight excluding hydrogens is 292 g/mol. The highest BCUT2D eigenvalue weighted by Gasteiger charge is 2.47. The van der Waals surface area contributed by atoms with Crippen LogP contribution in [0.5, 0.6) is 0 Å².